The summed E-state index contributed by atoms with van der Waals surface area (Å²) in [5.74, 6) is 0.0752. The highest BCUT2D eigenvalue weighted by Gasteiger charge is 2.11. The van der Waals surface area contributed by atoms with Gasteiger partial charge in [0.25, 0.3) is 0 Å². The first kappa shape index (κ1) is 11.9. The van der Waals surface area contributed by atoms with E-state index in [9.17, 15) is 4.79 Å². The van der Waals surface area contributed by atoms with Gasteiger partial charge in [-0.2, -0.15) is 0 Å². The number of aromatic nitrogens is 2. The Hall–Kier alpha value is -1.55. The highest BCUT2D eigenvalue weighted by Crippen LogP contribution is 2.18. The lowest BCUT2D eigenvalue weighted by molar-refractivity contribution is 0.0992. The van der Waals surface area contributed by atoms with Gasteiger partial charge in [0.1, 0.15) is 5.01 Å². The molecule has 0 amide bonds. The van der Waals surface area contributed by atoms with Crippen molar-refractivity contribution < 1.29 is 4.79 Å². The van der Waals surface area contributed by atoms with Crippen LogP contribution in [0.25, 0.3) is 0 Å². The molecule has 0 aromatic carbocycles. The first-order valence-corrected chi connectivity index (χ1v) is 6.26. The van der Waals surface area contributed by atoms with Crippen LogP contribution in [0.2, 0.25) is 0 Å². The molecule has 0 saturated carbocycles. The van der Waals surface area contributed by atoms with Gasteiger partial charge in [-0.1, -0.05) is 0 Å². The maximum atomic E-state index is 12.0. The van der Waals surface area contributed by atoms with Gasteiger partial charge in [0.05, 0.1) is 12.1 Å². The highest BCUT2D eigenvalue weighted by atomic mass is 32.1. The van der Waals surface area contributed by atoms with Crippen LogP contribution in [0.1, 0.15) is 31.6 Å². The monoisotopic (exact) mass is 246 g/mol. The van der Waals surface area contributed by atoms with Crippen LogP contribution < -0.4 is 0 Å². The molecule has 4 heteroatoms. The molecule has 0 saturated heterocycles. The van der Waals surface area contributed by atoms with Crippen LogP contribution in [0.5, 0.6) is 0 Å². The molecule has 2 rings (SSSR count). The average molecular weight is 246 g/mol. The Kier molecular flexibility index (Phi) is 3.33. The fraction of sp³-hybridized carbons (Fsp3) is 0.308. The Morgan fingerprint density at radius 3 is 2.59 bits per heavy atom. The molecule has 88 valence electrons. The summed E-state index contributed by atoms with van der Waals surface area (Å²) >= 11 is 1.59. The molecule has 0 bridgehead atoms. The topological polar surface area (TPSA) is 42.9 Å². The molecule has 2 heterocycles. The summed E-state index contributed by atoms with van der Waals surface area (Å²) in [5.41, 5.74) is 2.59. The lowest BCUT2D eigenvalue weighted by atomic mass is 10.1. The zero-order valence-corrected chi connectivity index (χ0v) is 11.0. The van der Waals surface area contributed by atoms with E-state index < -0.39 is 0 Å². The summed E-state index contributed by atoms with van der Waals surface area (Å²) in [7, 11) is 0. The van der Waals surface area contributed by atoms with E-state index in [-0.39, 0.29) is 5.78 Å². The molecule has 17 heavy (non-hydrogen) atoms. The molecule has 0 aliphatic heterocycles. The summed E-state index contributed by atoms with van der Waals surface area (Å²) in [5, 5.41) is 0.880. The Labute approximate surface area is 105 Å². The van der Waals surface area contributed by atoms with Gasteiger partial charge < -0.3 is 0 Å². The number of pyridine rings is 1. The third-order valence-corrected chi connectivity index (χ3v) is 3.69. The number of Topliss-reactive ketones (excluding diaryl/α,β-unsaturated/α-hetero) is 1. The molecule has 2 aromatic rings. The Morgan fingerprint density at radius 2 is 2.06 bits per heavy atom. The molecule has 0 aliphatic rings. The molecule has 2 aromatic heterocycles. The second kappa shape index (κ2) is 4.75. The van der Waals surface area contributed by atoms with Crippen LogP contribution >= 0.6 is 11.3 Å². The highest BCUT2D eigenvalue weighted by molar-refractivity contribution is 7.11. The maximum Gasteiger partial charge on any atom is 0.171 e. The molecule has 0 spiro atoms. The van der Waals surface area contributed by atoms with Gasteiger partial charge in [0, 0.05) is 22.3 Å². The smallest absolute Gasteiger partial charge is 0.171 e. The third-order valence-electron chi connectivity index (χ3n) is 2.62. The van der Waals surface area contributed by atoms with E-state index in [1.165, 1.54) is 4.88 Å². The molecule has 0 radical (unpaired) electrons. The summed E-state index contributed by atoms with van der Waals surface area (Å²) in [6, 6.07) is 3.67. The van der Waals surface area contributed by atoms with E-state index >= 15 is 0 Å². The first-order valence-electron chi connectivity index (χ1n) is 5.45. The minimum atomic E-state index is 0.0752. The van der Waals surface area contributed by atoms with E-state index in [1.54, 1.807) is 17.5 Å². The minimum Gasteiger partial charge on any atom is -0.294 e. The Balaban J connectivity index is 2.14. The van der Waals surface area contributed by atoms with Gasteiger partial charge >= 0.3 is 0 Å². The van der Waals surface area contributed by atoms with Gasteiger partial charge in [-0.25, -0.2) is 4.98 Å². The second-order valence-electron chi connectivity index (χ2n) is 4.04. The number of rotatable bonds is 3. The van der Waals surface area contributed by atoms with E-state index in [0.29, 0.717) is 12.0 Å². The van der Waals surface area contributed by atoms with Crippen molar-refractivity contribution in [2.75, 3.05) is 0 Å². The van der Waals surface area contributed by atoms with Crippen LogP contribution in [0.4, 0.5) is 0 Å². The van der Waals surface area contributed by atoms with E-state index in [4.69, 9.17) is 0 Å². The number of carbonyl (C=O) groups excluding carboxylic acids is 1. The van der Waals surface area contributed by atoms with Crippen LogP contribution in [0.15, 0.2) is 18.3 Å². The average Bonchev–Trinajstić information content (AvgIpc) is 2.58. The van der Waals surface area contributed by atoms with Crippen molar-refractivity contribution in [3.05, 3.63) is 45.2 Å². The number of nitrogens with zero attached hydrogens (tertiary/aromatic N) is 2. The van der Waals surface area contributed by atoms with Crippen molar-refractivity contribution in [2.45, 2.75) is 27.2 Å². The molecule has 3 nitrogen and oxygen atoms in total. The zero-order chi connectivity index (χ0) is 12.4. The number of carbonyl (C=O) groups is 1. The first-order chi connectivity index (χ1) is 8.06. The van der Waals surface area contributed by atoms with E-state index in [1.807, 2.05) is 32.9 Å². The standard InChI is InChI=1S/C13H14N2OS/c1-8-4-5-11(7-14-8)12(16)6-13-15-9(2)10(3)17-13/h4-5,7H,6H2,1-3H3. The predicted molar refractivity (Wildman–Crippen MR) is 68.6 cm³/mol. The number of ketones is 1. The van der Waals surface area contributed by atoms with E-state index in [2.05, 4.69) is 9.97 Å². The van der Waals surface area contributed by atoms with E-state index in [0.717, 1.165) is 16.4 Å². The maximum absolute atomic E-state index is 12.0. The number of aryl methyl sites for hydroxylation is 3. The van der Waals surface area contributed by atoms with Crippen LogP contribution in [-0.2, 0) is 6.42 Å². The summed E-state index contributed by atoms with van der Waals surface area (Å²) in [6.07, 6.45) is 2.00. The molecule has 0 N–H and O–H groups in total. The number of thiazole rings is 1. The Morgan fingerprint density at radius 1 is 1.29 bits per heavy atom. The SMILES string of the molecule is Cc1ccc(C(=O)Cc2nc(C)c(C)s2)cn1. The molecular formula is C13H14N2OS. The molecule has 0 fully saturated rings. The molecule has 0 atom stereocenters. The van der Waals surface area contributed by atoms with Crippen molar-refractivity contribution in [1.82, 2.24) is 9.97 Å². The zero-order valence-electron chi connectivity index (χ0n) is 10.2. The lowest BCUT2D eigenvalue weighted by Gasteiger charge is -1.98. The van der Waals surface area contributed by atoms with Gasteiger partial charge in [0.15, 0.2) is 5.78 Å². The summed E-state index contributed by atoms with van der Waals surface area (Å²) in [4.78, 5) is 21.6. The van der Waals surface area contributed by atoms with Crippen LogP contribution in [-0.4, -0.2) is 15.8 Å². The normalized spacial score (nSPS) is 10.5. The van der Waals surface area contributed by atoms with Crippen molar-refractivity contribution in [1.29, 1.82) is 0 Å². The van der Waals surface area contributed by atoms with Crippen molar-refractivity contribution in [2.24, 2.45) is 0 Å². The number of hydrogen-bond donors (Lipinski definition) is 0. The number of hydrogen-bond acceptors (Lipinski definition) is 4. The van der Waals surface area contributed by atoms with Gasteiger partial charge in [-0.3, -0.25) is 9.78 Å². The molecular weight excluding hydrogens is 232 g/mol. The third kappa shape index (κ3) is 2.77. The molecule has 0 unspecified atom stereocenters. The van der Waals surface area contributed by atoms with Gasteiger partial charge in [-0.05, 0) is 32.9 Å². The van der Waals surface area contributed by atoms with Crippen molar-refractivity contribution in [3.63, 3.8) is 0 Å². The fourth-order valence-electron chi connectivity index (χ4n) is 1.49. The summed E-state index contributed by atoms with van der Waals surface area (Å²) < 4.78 is 0. The Bertz CT molecular complexity index is 524. The van der Waals surface area contributed by atoms with Crippen molar-refractivity contribution in [3.8, 4) is 0 Å². The van der Waals surface area contributed by atoms with Gasteiger partial charge in [-0.15, -0.1) is 11.3 Å². The van der Waals surface area contributed by atoms with Crippen LogP contribution in [0.3, 0.4) is 0 Å². The lowest BCUT2D eigenvalue weighted by Crippen LogP contribution is -2.04. The minimum absolute atomic E-state index is 0.0752. The summed E-state index contributed by atoms with van der Waals surface area (Å²) in [6.45, 7) is 5.89. The fourth-order valence-corrected chi connectivity index (χ4v) is 2.42. The van der Waals surface area contributed by atoms with Crippen LogP contribution in [0, 0.1) is 20.8 Å². The largest absolute Gasteiger partial charge is 0.294 e. The van der Waals surface area contributed by atoms with Crippen molar-refractivity contribution >= 4 is 17.1 Å². The van der Waals surface area contributed by atoms with Gasteiger partial charge in [0.2, 0.25) is 0 Å². The second-order valence-corrected chi connectivity index (χ2v) is 5.33. The predicted octanol–water partition coefficient (Wildman–Crippen LogP) is 2.89. The quantitative estimate of drug-likeness (QED) is 0.782. The molecule has 0 aliphatic carbocycles.